The summed E-state index contributed by atoms with van der Waals surface area (Å²) in [7, 11) is 0. The molecule has 0 saturated carbocycles. The van der Waals surface area contributed by atoms with Crippen molar-refractivity contribution in [2.24, 2.45) is 0 Å². The van der Waals surface area contributed by atoms with E-state index in [1.165, 1.54) is 28.0 Å². The van der Waals surface area contributed by atoms with Crippen LogP contribution in [0.5, 0.6) is 0 Å². The summed E-state index contributed by atoms with van der Waals surface area (Å²) in [5, 5.41) is 1.95. The van der Waals surface area contributed by atoms with E-state index in [0.29, 0.717) is 17.1 Å². The Morgan fingerprint density at radius 1 is 1.18 bits per heavy atom. The van der Waals surface area contributed by atoms with Gasteiger partial charge in [0.15, 0.2) is 0 Å². The third-order valence-corrected chi connectivity index (χ3v) is 6.70. The molecule has 0 atom stereocenters. The molecule has 4 aromatic rings. The first-order chi connectivity index (χ1) is 13.6. The molecule has 2 N–H and O–H groups in total. The van der Waals surface area contributed by atoms with Crippen molar-refractivity contribution in [3.8, 4) is 0 Å². The molecule has 2 aromatic heterocycles. The quantitative estimate of drug-likeness (QED) is 0.538. The molecular weight excluding hydrogens is 366 g/mol. The van der Waals surface area contributed by atoms with Crippen LogP contribution in [0.15, 0.2) is 48.5 Å². The van der Waals surface area contributed by atoms with Gasteiger partial charge in [-0.15, -0.1) is 11.3 Å². The molecule has 2 aromatic carbocycles. The Morgan fingerprint density at radius 2 is 2.00 bits per heavy atom. The van der Waals surface area contributed by atoms with Crippen LogP contribution in [-0.2, 0) is 19.4 Å². The fourth-order valence-corrected chi connectivity index (χ4v) is 5.00. The first kappa shape index (κ1) is 17.2. The topological polar surface area (TPSA) is 59.2 Å². The van der Waals surface area contributed by atoms with E-state index in [9.17, 15) is 4.79 Å². The molecule has 0 fully saturated rings. The van der Waals surface area contributed by atoms with Crippen molar-refractivity contribution in [2.75, 3.05) is 12.3 Å². The second-order valence-electron chi connectivity index (χ2n) is 7.31. The number of nitrogens with zero attached hydrogens (tertiary/aromatic N) is 2. The Kier molecular flexibility index (Phi) is 4.05. The first-order valence-corrected chi connectivity index (χ1v) is 10.4. The molecule has 0 aliphatic carbocycles. The number of amides is 1. The van der Waals surface area contributed by atoms with E-state index in [0.717, 1.165) is 40.5 Å². The third kappa shape index (κ3) is 2.74. The molecule has 5 rings (SSSR count). The minimum atomic E-state index is 0.00769. The van der Waals surface area contributed by atoms with E-state index in [1.54, 1.807) is 0 Å². The molecule has 0 spiro atoms. The monoisotopic (exact) mass is 387 g/mol. The Bertz CT molecular complexity index is 1230. The van der Waals surface area contributed by atoms with E-state index in [2.05, 4.69) is 43.3 Å². The number of benzene rings is 2. The number of carbonyl (C=O) groups excluding carboxylic acids is 1. The number of hydrogen-bond donors (Lipinski definition) is 1. The van der Waals surface area contributed by atoms with Gasteiger partial charge in [-0.1, -0.05) is 37.3 Å². The van der Waals surface area contributed by atoms with Crippen LogP contribution in [0.2, 0.25) is 0 Å². The molecular formula is C23H21N3OS. The van der Waals surface area contributed by atoms with Gasteiger partial charge < -0.3 is 10.6 Å². The predicted octanol–water partition coefficient (Wildman–Crippen LogP) is 4.79. The predicted molar refractivity (Wildman–Crippen MR) is 116 cm³/mol. The lowest BCUT2D eigenvalue weighted by molar-refractivity contribution is 0.0740. The van der Waals surface area contributed by atoms with Crippen LogP contribution in [0.25, 0.3) is 21.1 Å². The largest absolute Gasteiger partial charge is 0.397 e. The van der Waals surface area contributed by atoms with E-state index in [4.69, 9.17) is 10.7 Å². The van der Waals surface area contributed by atoms with Crippen molar-refractivity contribution in [3.63, 3.8) is 0 Å². The second kappa shape index (κ2) is 6.60. The smallest absolute Gasteiger partial charge is 0.266 e. The number of nitrogens with two attached hydrogens (primary N) is 1. The summed E-state index contributed by atoms with van der Waals surface area (Å²) >= 11 is 1.40. The first-order valence-electron chi connectivity index (χ1n) is 9.61. The molecule has 28 heavy (non-hydrogen) atoms. The van der Waals surface area contributed by atoms with Gasteiger partial charge in [-0.25, -0.2) is 4.98 Å². The number of anilines is 1. The van der Waals surface area contributed by atoms with Gasteiger partial charge >= 0.3 is 0 Å². The van der Waals surface area contributed by atoms with Crippen LogP contribution in [0.1, 0.15) is 33.3 Å². The highest BCUT2D eigenvalue weighted by Crippen LogP contribution is 2.36. The molecule has 4 nitrogen and oxygen atoms in total. The fraction of sp³-hybridized carbons (Fsp3) is 0.217. The minimum Gasteiger partial charge on any atom is -0.397 e. The van der Waals surface area contributed by atoms with Gasteiger partial charge in [0.2, 0.25) is 0 Å². The van der Waals surface area contributed by atoms with E-state index in [-0.39, 0.29) is 5.91 Å². The molecule has 140 valence electrons. The summed E-state index contributed by atoms with van der Waals surface area (Å²) in [6, 6.07) is 16.7. The fourth-order valence-electron chi connectivity index (χ4n) is 3.94. The van der Waals surface area contributed by atoms with E-state index in [1.807, 2.05) is 17.0 Å². The average Bonchev–Trinajstić information content (AvgIpc) is 3.06. The van der Waals surface area contributed by atoms with E-state index >= 15 is 0 Å². The summed E-state index contributed by atoms with van der Waals surface area (Å²) < 4.78 is 0. The Morgan fingerprint density at radius 3 is 2.82 bits per heavy atom. The van der Waals surface area contributed by atoms with Crippen molar-refractivity contribution >= 4 is 44.1 Å². The summed E-state index contributed by atoms with van der Waals surface area (Å²) in [4.78, 5) is 21.3. The van der Waals surface area contributed by atoms with Crippen LogP contribution in [0.3, 0.4) is 0 Å². The van der Waals surface area contributed by atoms with Gasteiger partial charge in [-0.2, -0.15) is 0 Å². The lowest BCUT2D eigenvalue weighted by atomic mass is 10.00. The number of thiophene rings is 1. The zero-order valence-electron chi connectivity index (χ0n) is 15.7. The van der Waals surface area contributed by atoms with Crippen LogP contribution in [0.4, 0.5) is 5.69 Å². The highest BCUT2D eigenvalue weighted by molar-refractivity contribution is 7.21. The normalized spacial score (nSPS) is 13.8. The number of aryl methyl sites for hydroxylation is 1. The average molecular weight is 388 g/mol. The summed E-state index contributed by atoms with van der Waals surface area (Å²) in [5.74, 6) is 0.00769. The maximum Gasteiger partial charge on any atom is 0.266 e. The van der Waals surface area contributed by atoms with Crippen molar-refractivity contribution < 1.29 is 4.79 Å². The maximum atomic E-state index is 13.2. The van der Waals surface area contributed by atoms with Gasteiger partial charge in [0.25, 0.3) is 5.91 Å². The van der Waals surface area contributed by atoms with Crippen LogP contribution < -0.4 is 5.73 Å². The summed E-state index contributed by atoms with van der Waals surface area (Å²) in [6.45, 7) is 3.50. The molecule has 1 aliphatic heterocycles. The van der Waals surface area contributed by atoms with Gasteiger partial charge in [-0.3, -0.25) is 4.79 Å². The third-order valence-electron chi connectivity index (χ3n) is 5.60. The molecule has 0 radical (unpaired) electrons. The Hall–Kier alpha value is -2.92. The Labute approximate surface area is 167 Å². The zero-order chi connectivity index (χ0) is 19.3. The highest BCUT2D eigenvalue weighted by Gasteiger charge is 2.26. The minimum absolute atomic E-state index is 0.00769. The molecule has 0 unspecified atom stereocenters. The standard InChI is InChI=1S/C23H21N3OS/c1-2-14-7-8-19-17(11-14)12-18-20(24)21(28-22(18)25-19)23(27)26-10-9-15-5-3-4-6-16(15)13-26/h3-8,11-12H,2,9-10,13,24H2,1H3. The maximum absolute atomic E-state index is 13.2. The number of fused-ring (bicyclic) bond motifs is 3. The number of pyridine rings is 1. The zero-order valence-corrected chi connectivity index (χ0v) is 16.6. The highest BCUT2D eigenvalue weighted by atomic mass is 32.1. The van der Waals surface area contributed by atoms with Gasteiger partial charge in [0, 0.05) is 23.9 Å². The molecule has 0 bridgehead atoms. The lowest BCUT2D eigenvalue weighted by Gasteiger charge is -2.28. The number of carbonyl (C=O) groups is 1. The number of rotatable bonds is 2. The lowest BCUT2D eigenvalue weighted by Crippen LogP contribution is -2.35. The molecule has 1 amide bonds. The number of nitrogen functional groups attached to an aromatic ring is 1. The Balaban J connectivity index is 1.54. The number of aromatic nitrogens is 1. The van der Waals surface area contributed by atoms with Gasteiger partial charge in [0.05, 0.1) is 11.2 Å². The summed E-state index contributed by atoms with van der Waals surface area (Å²) in [6.07, 6.45) is 1.86. The van der Waals surface area contributed by atoms with Crippen LogP contribution in [0, 0.1) is 0 Å². The van der Waals surface area contributed by atoms with Crippen molar-refractivity contribution in [2.45, 2.75) is 26.3 Å². The van der Waals surface area contributed by atoms with Gasteiger partial charge in [0.1, 0.15) is 9.71 Å². The van der Waals surface area contributed by atoms with Crippen LogP contribution >= 0.6 is 11.3 Å². The van der Waals surface area contributed by atoms with Crippen molar-refractivity contribution in [3.05, 3.63) is 70.1 Å². The second-order valence-corrected chi connectivity index (χ2v) is 8.31. The molecule has 1 aliphatic rings. The molecule has 3 heterocycles. The van der Waals surface area contributed by atoms with Crippen LogP contribution in [-0.4, -0.2) is 22.3 Å². The number of hydrogen-bond acceptors (Lipinski definition) is 4. The molecule has 5 heteroatoms. The SMILES string of the molecule is CCc1ccc2nc3sc(C(=O)N4CCc5ccccc5C4)c(N)c3cc2c1. The van der Waals surface area contributed by atoms with Crippen molar-refractivity contribution in [1.82, 2.24) is 9.88 Å². The van der Waals surface area contributed by atoms with E-state index < -0.39 is 0 Å². The van der Waals surface area contributed by atoms with Crippen molar-refractivity contribution in [1.29, 1.82) is 0 Å². The summed E-state index contributed by atoms with van der Waals surface area (Å²) in [5.41, 5.74) is 11.7. The molecule has 0 saturated heterocycles. The van der Waals surface area contributed by atoms with Gasteiger partial charge in [-0.05, 0) is 47.7 Å².